The van der Waals surface area contributed by atoms with E-state index < -0.39 is 11.9 Å². The molecular formula is C14H10Cl3FO. The molecule has 0 saturated carbocycles. The Hall–Kier alpha value is -0.800. The van der Waals surface area contributed by atoms with Crippen molar-refractivity contribution >= 4 is 34.8 Å². The Morgan fingerprint density at radius 1 is 1.00 bits per heavy atom. The molecule has 0 aliphatic carbocycles. The summed E-state index contributed by atoms with van der Waals surface area (Å²) in [6.45, 7) is 0. The minimum atomic E-state index is -0.872. The molecule has 2 aromatic rings. The van der Waals surface area contributed by atoms with E-state index in [2.05, 4.69) is 0 Å². The summed E-state index contributed by atoms with van der Waals surface area (Å²) in [6, 6.07) is 9.51. The van der Waals surface area contributed by atoms with Crippen molar-refractivity contribution in [3.8, 4) is 0 Å². The second kappa shape index (κ2) is 6.10. The maximum atomic E-state index is 13.7. The lowest BCUT2D eigenvalue weighted by atomic mass is 10.0. The highest BCUT2D eigenvalue weighted by atomic mass is 35.5. The number of aliphatic hydroxyl groups is 1. The summed E-state index contributed by atoms with van der Waals surface area (Å²) in [5, 5.41) is 10.9. The van der Waals surface area contributed by atoms with Gasteiger partial charge in [-0.15, -0.1) is 0 Å². The fourth-order valence-electron chi connectivity index (χ4n) is 1.75. The number of halogens is 4. The molecule has 0 spiro atoms. The number of rotatable bonds is 3. The summed E-state index contributed by atoms with van der Waals surface area (Å²) < 4.78 is 13.7. The van der Waals surface area contributed by atoms with Gasteiger partial charge in [-0.1, -0.05) is 53.0 Å². The first-order chi connectivity index (χ1) is 8.99. The number of aliphatic hydroxyl groups excluding tert-OH is 1. The van der Waals surface area contributed by atoms with Crippen LogP contribution in [0, 0.1) is 5.82 Å². The number of hydrogen-bond acceptors (Lipinski definition) is 1. The molecule has 0 aromatic heterocycles. The van der Waals surface area contributed by atoms with Gasteiger partial charge in [-0.2, -0.15) is 0 Å². The molecule has 100 valence electrons. The molecule has 2 rings (SSSR count). The summed E-state index contributed by atoms with van der Waals surface area (Å²) in [5.41, 5.74) is 0.930. The first-order valence-electron chi connectivity index (χ1n) is 5.55. The summed E-state index contributed by atoms with van der Waals surface area (Å²) in [5.74, 6) is -0.511. The minimum absolute atomic E-state index is 0.0406. The van der Waals surface area contributed by atoms with Crippen molar-refractivity contribution in [2.45, 2.75) is 12.5 Å². The number of hydrogen-bond donors (Lipinski definition) is 1. The Morgan fingerprint density at radius 3 is 2.42 bits per heavy atom. The molecule has 1 atom stereocenters. The zero-order valence-corrected chi connectivity index (χ0v) is 12.0. The summed E-state index contributed by atoms with van der Waals surface area (Å²) in [6.07, 6.45) is -0.757. The van der Waals surface area contributed by atoms with Crippen LogP contribution in [0.5, 0.6) is 0 Å². The smallest absolute Gasteiger partial charge is 0.145 e. The van der Waals surface area contributed by atoms with E-state index in [1.54, 1.807) is 30.3 Å². The van der Waals surface area contributed by atoms with Crippen molar-refractivity contribution in [3.63, 3.8) is 0 Å². The van der Waals surface area contributed by atoms with Gasteiger partial charge in [0.25, 0.3) is 0 Å². The molecule has 2 aromatic carbocycles. The van der Waals surface area contributed by atoms with E-state index in [1.807, 2.05) is 0 Å². The van der Waals surface area contributed by atoms with Crippen LogP contribution >= 0.6 is 34.8 Å². The van der Waals surface area contributed by atoms with Crippen LogP contribution in [0.15, 0.2) is 36.4 Å². The Kier molecular flexibility index (Phi) is 4.69. The standard InChI is InChI=1S/C14H10Cl3FO/c15-10-5-4-8(6-12(10)17)13(19)7-9-2-1-3-11(16)14(9)18/h1-6,13,19H,7H2. The maximum Gasteiger partial charge on any atom is 0.145 e. The number of benzene rings is 2. The largest absolute Gasteiger partial charge is 0.388 e. The van der Waals surface area contributed by atoms with Crippen LogP contribution in [0.1, 0.15) is 17.2 Å². The van der Waals surface area contributed by atoms with Crippen molar-refractivity contribution in [2.24, 2.45) is 0 Å². The summed E-state index contributed by atoms with van der Waals surface area (Å²) in [7, 11) is 0. The van der Waals surface area contributed by atoms with E-state index in [0.29, 0.717) is 21.2 Å². The third-order valence-corrected chi connectivity index (χ3v) is 3.80. The van der Waals surface area contributed by atoms with Crippen LogP contribution < -0.4 is 0 Å². The molecule has 1 N–H and O–H groups in total. The van der Waals surface area contributed by atoms with E-state index >= 15 is 0 Å². The Bertz CT molecular complexity index is 601. The zero-order chi connectivity index (χ0) is 14.0. The first kappa shape index (κ1) is 14.6. The van der Waals surface area contributed by atoms with Crippen LogP contribution in [-0.2, 0) is 6.42 Å². The molecule has 0 fully saturated rings. The van der Waals surface area contributed by atoms with Crippen molar-refractivity contribution in [1.82, 2.24) is 0 Å². The Labute approximate surface area is 125 Å². The van der Waals surface area contributed by atoms with Crippen LogP contribution in [-0.4, -0.2) is 5.11 Å². The average Bonchev–Trinajstić information content (AvgIpc) is 2.38. The van der Waals surface area contributed by atoms with E-state index in [-0.39, 0.29) is 11.4 Å². The van der Waals surface area contributed by atoms with E-state index in [4.69, 9.17) is 34.8 Å². The highest BCUT2D eigenvalue weighted by Crippen LogP contribution is 2.28. The van der Waals surface area contributed by atoms with Gasteiger partial charge in [0.05, 0.1) is 21.2 Å². The SMILES string of the molecule is OC(Cc1cccc(Cl)c1F)c1ccc(Cl)c(Cl)c1. The van der Waals surface area contributed by atoms with E-state index in [9.17, 15) is 9.50 Å². The van der Waals surface area contributed by atoms with Crippen LogP contribution in [0.4, 0.5) is 4.39 Å². The molecule has 0 amide bonds. The highest BCUT2D eigenvalue weighted by Gasteiger charge is 2.14. The van der Waals surface area contributed by atoms with Crippen LogP contribution in [0.3, 0.4) is 0 Å². The minimum Gasteiger partial charge on any atom is -0.388 e. The molecule has 0 aliphatic heterocycles. The van der Waals surface area contributed by atoms with Gasteiger partial charge in [0, 0.05) is 6.42 Å². The fraction of sp³-hybridized carbons (Fsp3) is 0.143. The lowest BCUT2D eigenvalue weighted by Gasteiger charge is -2.13. The third kappa shape index (κ3) is 3.40. The molecular weight excluding hydrogens is 310 g/mol. The van der Waals surface area contributed by atoms with Gasteiger partial charge in [-0.25, -0.2) is 4.39 Å². The van der Waals surface area contributed by atoms with Crippen molar-refractivity contribution in [1.29, 1.82) is 0 Å². The average molecular weight is 320 g/mol. The van der Waals surface area contributed by atoms with Gasteiger partial charge in [-0.05, 0) is 29.3 Å². The lowest BCUT2D eigenvalue weighted by molar-refractivity contribution is 0.177. The molecule has 5 heteroatoms. The quantitative estimate of drug-likeness (QED) is 0.838. The highest BCUT2D eigenvalue weighted by molar-refractivity contribution is 6.42. The molecule has 1 nitrogen and oxygen atoms in total. The normalized spacial score (nSPS) is 12.5. The fourth-order valence-corrected chi connectivity index (χ4v) is 2.25. The van der Waals surface area contributed by atoms with Gasteiger partial charge < -0.3 is 5.11 Å². The summed E-state index contributed by atoms with van der Waals surface area (Å²) in [4.78, 5) is 0. The van der Waals surface area contributed by atoms with Crippen LogP contribution in [0.2, 0.25) is 15.1 Å². The molecule has 1 unspecified atom stereocenters. The second-order valence-electron chi connectivity index (χ2n) is 4.11. The molecule has 19 heavy (non-hydrogen) atoms. The van der Waals surface area contributed by atoms with Gasteiger partial charge in [0.2, 0.25) is 0 Å². The van der Waals surface area contributed by atoms with Gasteiger partial charge in [0.15, 0.2) is 0 Å². The van der Waals surface area contributed by atoms with Crippen molar-refractivity contribution in [2.75, 3.05) is 0 Å². The molecule has 0 saturated heterocycles. The Balaban J connectivity index is 2.23. The van der Waals surface area contributed by atoms with Gasteiger partial charge in [-0.3, -0.25) is 0 Å². The van der Waals surface area contributed by atoms with Crippen molar-refractivity contribution < 1.29 is 9.50 Å². The topological polar surface area (TPSA) is 20.2 Å². The van der Waals surface area contributed by atoms with Gasteiger partial charge >= 0.3 is 0 Å². The second-order valence-corrected chi connectivity index (χ2v) is 5.33. The van der Waals surface area contributed by atoms with Crippen molar-refractivity contribution in [3.05, 3.63) is 68.4 Å². The lowest BCUT2D eigenvalue weighted by Crippen LogP contribution is -2.04. The first-order valence-corrected chi connectivity index (χ1v) is 6.68. The zero-order valence-electron chi connectivity index (χ0n) is 9.71. The third-order valence-electron chi connectivity index (χ3n) is 2.77. The van der Waals surface area contributed by atoms with Gasteiger partial charge in [0.1, 0.15) is 5.82 Å². The summed E-state index contributed by atoms with van der Waals surface area (Å²) >= 11 is 17.4. The molecule has 0 radical (unpaired) electrons. The van der Waals surface area contributed by atoms with E-state index in [1.165, 1.54) is 6.07 Å². The Morgan fingerprint density at radius 2 is 1.74 bits per heavy atom. The predicted molar refractivity (Wildman–Crippen MR) is 76.5 cm³/mol. The van der Waals surface area contributed by atoms with Crippen LogP contribution in [0.25, 0.3) is 0 Å². The molecule has 0 bridgehead atoms. The molecule has 0 heterocycles. The maximum absolute atomic E-state index is 13.7. The predicted octanol–water partition coefficient (Wildman–Crippen LogP) is 5.06. The van der Waals surface area contributed by atoms with E-state index in [0.717, 1.165) is 0 Å². The monoisotopic (exact) mass is 318 g/mol. The molecule has 0 aliphatic rings.